The Morgan fingerprint density at radius 1 is 1.32 bits per heavy atom. The van der Waals surface area contributed by atoms with Crippen LogP contribution >= 0.6 is 0 Å². The second kappa shape index (κ2) is 8.54. The summed E-state index contributed by atoms with van der Waals surface area (Å²) in [5, 5.41) is 2.70. The molecular weight excluding hydrogens is 322 g/mol. The maximum Gasteiger partial charge on any atom is 0.410 e. The van der Waals surface area contributed by atoms with Gasteiger partial charge in [0.25, 0.3) is 0 Å². The molecule has 0 saturated carbocycles. The van der Waals surface area contributed by atoms with Crippen molar-refractivity contribution in [1.29, 1.82) is 0 Å². The van der Waals surface area contributed by atoms with Crippen LogP contribution in [0.25, 0.3) is 0 Å². The zero-order chi connectivity index (χ0) is 18.4. The van der Waals surface area contributed by atoms with Crippen LogP contribution in [0.2, 0.25) is 0 Å². The summed E-state index contributed by atoms with van der Waals surface area (Å²) in [4.78, 5) is 39.0. The third-order valence-corrected chi connectivity index (χ3v) is 5.20. The highest BCUT2D eigenvalue weighted by Gasteiger charge is 2.48. The molecule has 142 valence electrons. The molecule has 2 aliphatic rings. The maximum absolute atomic E-state index is 12.3. The second-order valence-electron chi connectivity index (χ2n) is 7.28. The summed E-state index contributed by atoms with van der Waals surface area (Å²) in [5.41, 5.74) is -0.425. The van der Waals surface area contributed by atoms with Crippen LogP contribution in [0.5, 0.6) is 0 Å². The first-order valence-corrected chi connectivity index (χ1v) is 9.39. The Kier molecular flexibility index (Phi) is 6.67. The van der Waals surface area contributed by atoms with Gasteiger partial charge in [-0.15, -0.1) is 0 Å². The van der Waals surface area contributed by atoms with E-state index in [1.165, 1.54) is 6.92 Å². The van der Waals surface area contributed by atoms with Crippen LogP contribution in [0.15, 0.2) is 0 Å². The first-order valence-electron chi connectivity index (χ1n) is 9.39. The Bertz CT molecular complexity index is 501. The maximum atomic E-state index is 12.3. The van der Waals surface area contributed by atoms with Gasteiger partial charge in [0.1, 0.15) is 5.60 Å². The number of rotatable bonds is 7. The molecule has 0 aromatic heterocycles. The van der Waals surface area contributed by atoms with Crippen LogP contribution in [0.3, 0.4) is 0 Å². The Balaban J connectivity index is 1.78. The molecule has 0 radical (unpaired) electrons. The first-order chi connectivity index (χ1) is 11.9. The average Bonchev–Trinajstić information content (AvgIpc) is 2.88. The van der Waals surface area contributed by atoms with E-state index < -0.39 is 5.60 Å². The number of nitrogens with zero attached hydrogens (tertiary/aromatic N) is 2. The zero-order valence-corrected chi connectivity index (χ0v) is 15.7. The van der Waals surface area contributed by atoms with Gasteiger partial charge < -0.3 is 19.9 Å². The van der Waals surface area contributed by atoms with E-state index in [-0.39, 0.29) is 23.9 Å². The number of hydrogen-bond acceptors (Lipinski definition) is 4. The molecule has 25 heavy (non-hydrogen) atoms. The molecule has 2 heterocycles. The van der Waals surface area contributed by atoms with Gasteiger partial charge in [-0.3, -0.25) is 9.59 Å². The normalized spacial score (nSPS) is 20.5. The minimum absolute atomic E-state index is 0.0720. The van der Waals surface area contributed by atoms with Gasteiger partial charge in [-0.2, -0.15) is 0 Å². The van der Waals surface area contributed by atoms with Gasteiger partial charge in [-0.05, 0) is 19.8 Å². The highest BCUT2D eigenvalue weighted by atomic mass is 16.6. The standard InChI is InChI=1S/C18H31N3O4/c1-4-6-14(2)21-13-18(25-17(21)24)8-11-20(12-9-18)16(23)7-5-10-19-15(3)22/h14H,4-13H2,1-3H3,(H,19,22)/t14-/m0/s1. The molecule has 2 rings (SSSR count). The Hall–Kier alpha value is -1.79. The van der Waals surface area contributed by atoms with Crippen LogP contribution < -0.4 is 5.32 Å². The molecule has 3 amide bonds. The van der Waals surface area contributed by atoms with E-state index >= 15 is 0 Å². The number of amides is 3. The number of carbonyl (C=O) groups is 3. The number of piperidine rings is 1. The summed E-state index contributed by atoms with van der Waals surface area (Å²) in [6, 6.07) is 0.199. The summed E-state index contributed by atoms with van der Waals surface area (Å²) in [6.07, 6.45) is 4.29. The molecule has 7 heteroatoms. The molecule has 2 saturated heterocycles. The van der Waals surface area contributed by atoms with Crippen LogP contribution in [-0.4, -0.2) is 65.5 Å². The van der Waals surface area contributed by atoms with Crippen LogP contribution in [0, 0.1) is 0 Å². The van der Waals surface area contributed by atoms with Crippen molar-refractivity contribution >= 4 is 17.9 Å². The topological polar surface area (TPSA) is 78.9 Å². The van der Waals surface area contributed by atoms with Gasteiger partial charge in [0, 0.05) is 51.9 Å². The van der Waals surface area contributed by atoms with E-state index in [0.717, 1.165) is 12.8 Å². The quantitative estimate of drug-likeness (QED) is 0.709. The highest BCUT2D eigenvalue weighted by molar-refractivity contribution is 5.77. The molecular formula is C18H31N3O4. The Labute approximate surface area is 150 Å². The van der Waals surface area contributed by atoms with E-state index in [0.29, 0.717) is 51.9 Å². The van der Waals surface area contributed by atoms with Crippen LogP contribution in [0.1, 0.15) is 59.3 Å². The van der Waals surface area contributed by atoms with E-state index in [2.05, 4.69) is 19.2 Å². The number of likely N-dealkylation sites (tertiary alicyclic amines) is 1. The van der Waals surface area contributed by atoms with Crippen molar-refractivity contribution < 1.29 is 19.1 Å². The third-order valence-electron chi connectivity index (χ3n) is 5.20. The minimum atomic E-state index is -0.425. The molecule has 0 bridgehead atoms. The van der Waals surface area contributed by atoms with Crippen molar-refractivity contribution in [3.8, 4) is 0 Å². The fourth-order valence-corrected chi connectivity index (χ4v) is 3.65. The predicted molar refractivity (Wildman–Crippen MR) is 94.0 cm³/mol. The first kappa shape index (κ1) is 19.5. The largest absolute Gasteiger partial charge is 0.441 e. The van der Waals surface area contributed by atoms with Crippen molar-refractivity contribution in [1.82, 2.24) is 15.1 Å². The number of hydrogen-bond donors (Lipinski definition) is 1. The molecule has 1 spiro atoms. The van der Waals surface area contributed by atoms with E-state index in [4.69, 9.17) is 4.74 Å². The molecule has 0 aromatic rings. The lowest BCUT2D eigenvalue weighted by Crippen LogP contribution is -2.49. The minimum Gasteiger partial charge on any atom is -0.441 e. The van der Waals surface area contributed by atoms with Crippen molar-refractivity contribution in [3.63, 3.8) is 0 Å². The summed E-state index contributed by atoms with van der Waals surface area (Å²) in [7, 11) is 0. The van der Waals surface area contributed by atoms with Gasteiger partial charge in [0.15, 0.2) is 0 Å². The molecule has 0 aromatic carbocycles. The van der Waals surface area contributed by atoms with Gasteiger partial charge in [0.2, 0.25) is 11.8 Å². The molecule has 2 fully saturated rings. The van der Waals surface area contributed by atoms with Crippen LogP contribution in [0.4, 0.5) is 4.79 Å². The third kappa shape index (κ3) is 5.09. The predicted octanol–water partition coefficient (Wildman–Crippen LogP) is 1.90. The van der Waals surface area contributed by atoms with Gasteiger partial charge in [-0.1, -0.05) is 13.3 Å². The fourth-order valence-electron chi connectivity index (χ4n) is 3.65. The Morgan fingerprint density at radius 2 is 2.00 bits per heavy atom. The lowest BCUT2D eigenvalue weighted by atomic mass is 9.90. The lowest BCUT2D eigenvalue weighted by Gasteiger charge is -2.37. The summed E-state index contributed by atoms with van der Waals surface area (Å²) < 4.78 is 5.72. The van der Waals surface area contributed by atoms with Gasteiger partial charge in [0.05, 0.1) is 6.54 Å². The van der Waals surface area contributed by atoms with E-state index in [1.807, 2.05) is 9.80 Å². The summed E-state index contributed by atoms with van der Waals surface area (Å²) >= 11 is 0. The Morgan fingerprint density at radius 3 is 2.60 bits per heavy atom. The van der Waals surface area contributed by atoms with Crippen molar-refractivity contribution in [2.75, 3.05) is 26.2 Å². The molecule has 0 aliphatic carbocycles. The smallest absolute Gasteiger partial charge is 0.410 e. The zero-order valence-electron chi connectivity index (χ0n) is 15.7. The lowest BCUT2D eigenvalue weighted by molar-refractivity contribution is -0.134. The van der Waals surface area contributed by atoms with Crippen molar-refractivity contribution in [2.24, 2.45) is 0 Å². The van der Waals surface area contributed by atoms with Crippen molar-refractivity contribution in [2.45, 2.75) is 70.9 Å². The SMILES string of the molecule is CCC[C@H](C)N1CC2(CCN(C(=O)CCCNC(C)=O)CC2)OC1=O. The number of nitrogens with one attached hydrogen (secondary N) is 1. The van der Waals surface area contributed by atoms with Crippen LogP contribution in [-0.2, 0) is 14.3 Å². The van der Waals surface area contributed by atoms with E-state index in [1.54, 1.807) is 0 Å². The number of carbonyl (C=O) groups excluding carboxylic acids is 3. The molecule has 0 unspecified atom stereocenters. The molecule has 2 aliphatic heterocycles. The second-order valence-corrected chi connectivity index (χ2v) is 7.28. The highest BCUT2D eigenvalue weighted by Crippen LogP contribution is 2.34. The molecule has 1 atom stereocenters. The van der Waals surface area contributed by atoms with Gasteiger partial charge in [-0.25, -0.2) is 4.79 Å². The summed E-state index contributed by atoms with van der Waals surface area (Å²) in [5.74, 6) is 0.0398. The van der Waals surface area contributed by atoms with Crippen molar-refractivity contribution in [3.05, 3.63) is 0 Å². The fraction of sp³-hybridized carbons (Fsp3) is 0.833. The average molecular weight is 353 g/mol. The summed E-state index contributed by atoms with van der Waals surface area (Å²) in [6.45, 7) is 8.07. The number of ether oxygens (including phenoxy) is 1. The van der Waals surface area contributed by atoms with Gasteiger partial charge >= 0.3 is 6.09 Å². The molecule has 7 nitrogen and oxygen atoms in total. The molecule has 1 N–H and O–H groups in total. The monoisotopic (exact) mass is 353 g/mol. The van der Waals surface area contributed by atoms with E-state index in [9.17, 15) is 14.4 Å².